The van der Waals surface area contributed by atoms with E-state index in [9.17, 15) is 4.79 Å². The molecule has 0 aliphatic carbocycles. The summed E-state index contributed by atoms with van der Waals surface area (Å²) in [6, 6.07) is 3.47. The van der Waals surface area contributed by atoms with E-state index in [1.165, 1.54) is 7.11 Å². The van der Waals surface area contributed by atoms with Crippen LogP contribution in [-0.4, -0.2) is 33.9 Å². The molecule has 0 radical (unpaired) electrons. The quantitative estimate of drug-likeness (QED) is 0.828. The first-order valence-electron chi connectivity index (χ1n) is 6.36. The van der Waals surface area contributed by atoms with Gasteiger partial charge in [-0.05, 0) is 19.1 Å². The smallest absolute Gasteiger partial charge is 0.322 e. The van der Waals surface area contributed by atoms with Gasteiger partial charge in [0, 0.05) is 43.3 Å². The highest BCUT2D eigenvalue weighted by atomic mass is 16.5. The first-order chi connectivity index (χ1) is 9.61. The predicted molar refractivity (Wildman–Crippen MR) is 74.8 cm³/mol. The van der Waals surface area contributed by atoms with Gasteiger partial charge >= 0.3 is 5.97 Å². The van der Waals surface area contributed by atoms with E-state index in [0.29, 0.717) is 6.54 Å². The van der Waals surface area contributed by atoms with Crippen molar-refractivity contribution in [3.8, 4) is 11.3 Å². The molecule has 1 unspecified atom stereocenters. The van der Waals surface area contributed by atoms with Gasteiger partial charge < -0.3 is 10.1 Å². The van der Waals surface area contributed by atoms with Crippen molar-refractivity contribution in [2.75, 3.05) is 7.11 Å². The lowest BCUT2D eigenvalue weighted by Crippen LogP contribution is -2.34. The largest absolute Gasteiger partial charge is 0.468 e. The van der Waals surface area contributed by atoms with Crippen molar-refractivity contribution in [2.24, 2.45) is 7.05 Å². The van der Waals surface area contributed by atoms with Crippen LogP contribution in [0.5, 0.6) is 0 Å². The third kappa shape index (κ3) is 3.21. The van der Waals surface area contributed by atoms with Crippen LogP contribution >= 0.6 is 0 Å². The maximum Gasteiger partial charge on any atom is 0.322 e. The van der Waals surface area contributed by atoms with Gasteiger partial charge in [0.2, 0.25) is 0 Å². The number of pyridine rings is 1. The van der Waals surface area contributed by atoms with Crippen LogP contribution in [0.4, 0.5) is 0 Å². The highest BCUT2D eigenvalue weighted by molar-refractivity contribution is 5.75. The minimum atomic E-state index is -0.359. The van der Waals surface area contributed by atoms with Crippen molar-refractivity contribution >= 4 is 5.97 Å². The van der Waals surface area contributed by atoms with Crippen molar-refractivity contribution in [1.82, 2.24) is 20.1 Å². The van der Waals surface area contributed by atoms with Gasteiger partial charge in [0.25, 0.3) is 0 Å². The minimum absolute atomic E-state index is 0.281. The molecule has 0 fully saturated rings. The zero-order chi connectivity index (χ0) is 14.5. The van der Waals surface area contributed by atoms with E-state index in [1.807, 2.05) is 25.4 Å². The van der Waals surface area contributed by atoms with E-state index in [-0.39, 0.29) is 12.0 Å². The number of ether oxygens (including phenoxy) is 1. The Labute approximate surface area is 117 Å². The van der Waals surface area contributed by atoms with Crippen LogP contribution in [0.3, 0.4) is 0 Å². The minimum Gasteiger partial charge on any atom is -0.468 e. The fourth-order valence-corrected chi connectivity index (χ4v) is 1.94. The average Bonchev–Trinajstić information content (AvgIpc) is 2.85. The van der Waals surface area contributed by atoms with Crippen LogP contribution in [0.1, 0.15) is 12.5 Å². The Morgan fingerprint density at radius 2 is 2.35 bits per heavy atom. The first kappa shape index (κ1) is 14.2. The number of carbonyl (C=O) groups excluding carboxylic acids is 1. The van der Waals surface area contributed by atoms with Gasteiger partial charge in [0.1, 0.15) is 6.04 Å². The predicted octanol–water partition coefficient (Wildman–Crippen LogP) is 1.13. The number of carbonyl (C=O) groups is 1. The summed E-state index contributed by atoms with van der Waals surface area (Å²) in [5.41, 5.74) is 2.83. The summed E-state index contributed by atoms with van der Waals surface area (Å²) in [5.74, 6) is -0.281. The van der Waals surface area contributed by atoms with Gasteiger partial charge in [0.15, 0.2) is 0 Å². The number of rotatable bonds is 5. The summed E-state index contributed by atoms with van der Waals surface area (Å²) in [5, 5.41) is 7.57. The molecule has 0 spiro atoms. The van der Waals surface area contributed by atoms with Crippen molar-refractivity contribution in [1.29, 1.82) is 0 Å². The number of nitrogens with one attached hydrogen (secondary N) is 1. The maximum atomic E-state index is 11.4. The molecule has 2 aromatic rings. The molecule has 1 N–H and O–H groups in total. The molecular formula is C14H18N4O2. The van der Waals surface area contributed by atoms with Crippen LogP contribution in [0, 0.1) is 0 Å². The molecule has 2 aromatic heterocycles. The monoisotopic (exact) mass is 274 g/mol. The first-order valence-corrected chi connectivity index (χ1v) is 6.36. The lowest BCUT2D eigenvalue weighted by molar-refractivity contribution is -0.142. The lowest BCUT2D eigenvalue weighted by Gasteiger charge is -2.11. The summed E-state index contributed by atoms with van der Waals surface area (Å²) in [4.78, 5) is 15.5. The lowest BCUT2D eigenvalue weighted by atomic mass is 10.1. The molecule has 6 nitrogen and oxygen atoms in total. The van der Waals surface area contributed by atoms with Crippen molar-refractivity contribution in [2.45, 2.75) is 19.5 Å². The van der Waals surface area contributed by atoms with E-state index in [0.717, 1.165) is 16.8 Å². The molecule has 20 heavy (non-hydrogen) atoms. The van der Waals surface area contributed by atoms with Gasteiger partial charge in [-0.25, -0.2) is 0 Å². The standard InChI is InChI=1S/C14H18N4O2/c1-10(14(19)20-3)16-8-12-9-18(2)17-13(12)11-5-4-6-15-7-11/h4-7,9-10,16H,8H2,1-3H3. The Kier molecular flexibility index (Phi) is 4.47. The zero-order valence-corrected chi connectivity index (χ0v) is 11.8. The number of esters is 1. The van der Waals surface area contributed by atoms with Crippen LogP contribution in [0.25, 0.3) is 11.3 Å². The van der Waals surface area contributed by atoms with Crippen molar-refractivity contribution in [3.05, 3.63) is 36.3 Å². The molecule has 0 aromatic carbocycles. The summed E-state index contributed by atoms with van der Waals surface area (Å²) >= 11 is 0. The second-order valence-electron chi connectivity index (χ2n) is 4.54. The molecule has 0 amide bonds. The summed E-state index contributed by atoms with van der Waals surface area (Å²) < 4.78 is 6.44. The van der Waals surface area contributed by atoms with Gasteiger partial charge in [-0.3, -0.25) is 14.5 Å². The summed E-state index contributed by atoms with van der Waals surface area (Å²) in [7, 11) is 3.25. The molecule has 0 bridgehead atoms. The Bertz CT molecular complexity index is 580. The van der Waals surface area contributed by atoms with E-state index in [1.54, 1.807) is 24.0 Å². The number of nitrogens with zero attached hydrogens (tertiary/aromatic N) is 3. The fourth-order valence-electron chi connectivity index (χ4n) is 1.94. The molecular weight excluding hydrogens is 256 g/mol. The van der Waals surface area contributed by atoms with E-state index >= 15 is 0 Å². The third-order valence-electron chi connectivity index (χ3n) is 2.99. The van der Waals surface area contributed by atoms with Crippen molar-refractivity contribution in [3.63, 3.8) is 0 Å². The Hall–Kier alpha value is -2.21. The van der Waals surface area contributed by atoms with Gasteiger partial charge in [-0.1, -0.05) is 0 Å². The number of aromatic nitrogens is 3. The SMILES string of the molecule is COC(=O)C(C)NCc1cn(C)nc1-c1cccnc1. The Balaban J connectivity index is 2.15. The van der Waals surface area contributed by atoms with Crippen LogP contribution in [0.15, 0.2) is 30.7 Å². The number of aryl methyl sites for hydroxylation is 1. The van der Waals surface area contributed by atoms with Crippen LogP contribution in [0.2, 0.25) is 0 Å². The molecule has 106 valence electrons. The Morgan fingerprint density at radius 3 is 3.00 bits per heavy atom. The molecule has 0 saturated heterocycles. The molecule has 2 heterocycles. The maximum absolute atomic E-state index is 11.4. The highest BCUT2D eigenvalue weighted by Crippen LogP contribution is 2.20. The average molecular weight is 274 g/mol. The van der Waals surface area contributed by atoms with Gasteiger partial charge in [-0.2, -0.15) is 5.10 Å². The second kappa shape index (κ2) is 6.29. The van der Waals surface area contributed by atoms with Crippen molar-refractivity contribution < 1.29 is 9.53 Å². The van der Waals surface area contributed by atoms with E-state index in [4.69, 9.17) is 0 Å². The fraction of sp³-hybridized carbons (Fsp3) is 0.357. The number of methoxy groups -OCH3 is 1. The van der Waals surface area contributed by atoms with E-state index < -0.39 is 0 Å². The van der Waals surface area contributed by atoms with Crippen LogP contribution in [-0.2, 0) is 23.1 Å². The normalized spacial score (nSPS) is 12.2. The summed E-state index contributed by atoms with van der Waals surface area (Å²) in [6.07, 6.45) is 5.43. The molecule has 0 aliphatic heterocycles. The molecule has 6 heteroatoms. The molecule has 1 atom stereocenters. The van der Waals surface area contributed by atoms with E-state index in [2.05, 4.69) is 20.1 Å². The van der Waals surface area contributed by atoms with Crippen LogP contribution < -0.4 is 5.32 Å². The highest BCUT2D eigenvalue weighted by Gasteiger charge is 2.15. The van der Waals surface area contributed by atoms with Gasteiger partial charge in [-0.15, -0.1) is 0 Å². The molecule has 0 saturated carbocycles. The topological polar surface area (TPSA) is 69.0 Å². The Morgan fingerprint density at radius 1 is 1.55 bits per heavy atom. The second-order valence-corrected chi connectivity index (χ2v) is 4.54. The third-order valence-corrected chi connectivity index (χ3v) is 2.99. The molecule has 0 aliphatic rings. The van der Waals surface area contributed by atoms with Gasteiger partial charge in [0.05, 0.1) is 12.8 Å². The number of hydrogen-bond acceptors (Lipinski definition) is 5. The molecule has 2 rings (SSSR count). The zero-order valence-electron chi connectivity index (χ0n) is 11.8. The summed E-state index contributed by atoms with van der Waals surface area (Å²) in [6.45, 7) is 2.31. The number of hydrogen-bond donors (Lipinski definition) is 1.